The number of carbonyl (C=O) groups is 1. The lowest BCUT2D eigenvalue weighted by molar-refractivity contribution is -0.123. The van der Waals surface area contributed by atoms with E-state index >= 15 is 0 Å². The van der Waals surface area contributed by atoms with E-state index in [1.165, 1.54) is 0 Å². The minimum atomic E-state index is -0.449. The van der Waals surface area contributed by atoms with Crippen molar-refractivity contribution in [1.29, 1.82) is 0 Å². The van der Waals surface area contributed by atoms with E-state index in [2.05, 4.69) is 5.32 Å². The Hall–Kier alpha value is -1.46. The smallest absolute Gasteiger partial charge is 0.230 e. The largest absolute Gasteiger partial charge is 0.393 e. The third-order valence-electron chi connectivity index (χ3n) is 3.53. The molecule has 0 spiro atoms. The summed E-state index contributed by atoms with van der Waals surface area (Å²) in [5.41, 5.74) is 6.77. The van der Waals surface area contributed by atoms with Crippen LogP contribution in [-0.4, -0.2) is 30.7 Å². The van der Waals surface area contributed by atoms with Crippen LogP contribution < -0.4 is 11.1 Å². The van der Waals surface area contributed by atoms with E-state index in [9.17, 15) is 4.79 Å². The van der Waals surface area contributed by atoms with Gasteiger partial charge in [0.2, 0.25) is 5.91 Å². The van der Waals surface area contributed by atoms with Crippen molar-refractivity contribution in [3.8, 4) is 0 Å². The molecule has 3 N–H and O–H groups in total. The predicted molar refractivity (Wildman–Crippen MR) is 82.4 cm³/mol. The van der Waals surface area contributed by atoms with Crippen LogP contribution >= 0.6 is 12.2 Å². The number of benzene rings is 1. The monoisotopic (exact) mass is 292 g/mol. The molecule has 1 aromatic carbocycles. The van der Waals surface area contributed by atoms with Gasteiger partial charge in [-0.2, -0.15) is 0 Å². The Balaban J connectivity index is 1.90. The highest BCUT2D eigenvalue weighted by atomic mass is 32.1. The molecule has 1 amide bonds. The van der Waals surface area contributed by atoms with Gasteiger partial charge in [0.15, 0.2) is 0 Å². The fourth-order valence-electron chi connectivity index (χ4n) is 2.28. The molecule has 1 heterocycles. The summed E-state index contributed by atoms with van der Waals surface area (Å²) in [4.78, 5) is 12.5. The number of nitrogens with one attached hydrogen (secondary N) is 1. The SMILES string of the molecule is NC(=S)C(Cc1ccccc1)C(=O)NCC1CCOC1. The Morgan fingerprint density at radius 2 is 2.20 bits per heavy atom. The second-order valence-corrected chi connectivity index (χ2v) is 5.59. The minimum absolute atomic E-state index is 0.0896. The summed E-state index contributed by atoms with van der Waals surface area (Å²) in [7, 11) is 0. The average Bonchev–Trinajstić information content (AvgIpc) is 2.96. The van der Waals surface area contributed by atoms with Crippen LogP contribution in [0, 0.1) is 11.8 Å². The van der Waals surface area contributed by atoms with Crippen molar-refractivity contribution in [2.24, 2.45) is 17.6 Å². The third kappa shape index (κ3) is 4.28. The number of thiocarbonyl (C=S) groups is 1. The van der Waals surface area contributed by atoms with E-state index in [-0.39, 0.29) is 10.9 Å². The van der Waals surface area contributed by atoms with Crippen LogP contribution in [0.5, 0.6) is 0 Å². The van der Waals surface area contributed by atoms with E-state index in [1.54, 1.807) is 0 Å². The van der Waals surface area contributed by atoms with Crippen molar-refractivity contribution in [2.75, 3.05) is 19.8 Å². The summed E-state index contributed by atoms with van der Waals surface area (Å²) in [5.74, 6) is -0.134. The third-order valence-corrected chi connectivity index (χ3v) is 3.82. The van der Waals surface area contributed by atoms with Gasteiger partial charge >= 0.3 is 0 Å². The van der Waals surface area contributed by atoms with Gasteiger partial charge in [-0.05, 0) is 18.4 Å². The summed E-state index contributed by atoms with van der Waals surface area (Å²) in [6.45, 7) is 2.13. The molecule has 1 aromatic rings. The van der Waals surface area contributed by atoms with E-state index in [0.29, 0.717) is 18.9 Å². The Bertz CT molecular complexity index is 458. The van der Waals surface area contributed by atoms with Crippen LogP contribution in [-0.2, 0) is 16.0 Å². The molecule has 0 saturated carbocycles. The lowest BCUT2D eigenvalue weighted by atomic mass is 9.98. The lowest BCUT2D eigenvalue weighted by Crippen LogP contribution is -2.41. The maximum Gasteiger partial charge on any atom is 0.230 e. The summed E-state index contributed by atoms with van der Waals surface area (Å²) in [6, 6.07) is 9.78. The molecule has 20 heavy (non-hydrogen) atoms. The zero-order valence-electron chi connectivity index (χ0n) is 11.4. The highest BCUT2D eigenvalue weighted by Crippen LogP contribution is 2.13. The molecule has 0 radical (unpaired) electrons. The van der Waals surface area contributed by atoms with Crippen molar-refractivity contribution < 1.29 is 9.53 Å². The quantitative estimate of drug-likeness (QED) is 0.775. The van der Waals surface area contributed by atoms with Crippen molar-refractivity contribution in [3.05, 3.63) is 35.9 Å². The number of nitrogens with two attached hydrogens (primary N) is 1. The molecule has 1 aliphatic heterocycles. The van der Waals surface area contributed by atoms with E-state index in [0.717, 1.165) is 25.2 Å². The van der Waals surface area contributed by atoms with Crippen LogP contribution in [0.15, 0.2) is 30.3 Å². The molecule has 1 saturated heterocycles. The van der Waals surface area contributed by atoms with Crippen LogP contribution in [0.3, 0.4) is 0 Å². The zero-order chi connectivity index (χ0) is 14.4. The van der Waals surface area contributed by atoms with Crippen LogP contribution in [0.2, 0.25) is 0 Å². The Labute approximate surface area is 124 Å². The number of hydrogen-bond acceptors (Lipinski definition) is 3. The molecular formula is C15H20N2O2S. The summed E-state index contributed by atoms with van der Waals surface area (Å²) >= 11 is 5.03. The Morgan fingerprint density at radius 3 is 2.80 bits per heavy atom. The second-order valence-electron chi connectivity index (χ2n) is 5.12. The number of ether oxygens (including phenoxy) is 1. The summed E-state index contributed by atoms with van der Waals surface area (Å²) in [5, 5.41) is 2.94. The maximum absolute atomic E-state index is 12.2. The molecule has 2 rings (SSSR count). The van der Waals surface area contributed by atoms with Gasteiger partial charge in [0.1, 0.15) is 0 Å². The van der Waals surface area contributed by atoms with E-state index < -0.39 is 5.92 Å². The Kier molecular flexibility index (Phi) is 5.49. The molecule has 1 fully saturated rings. The van der Waals surface area contributed by atoms with E-state index in [1.807, 2.05) is 30.3 Å². The highest BCUT2D eigenvalue weighted by molar-refractivity contribution is 7.80. The van der Waals surface area contributed by atoms with Crippen molar-refractivity contribution in [2.45, 2.75) is 12.8 Å². The van der Waals surface area contributed by atoms with Crippen LogP contribution in [0.1, 0.15) is 12.0 Å². The van der Waals surface area contributed by atoms with Crippen LogP contribution in [0.25, 0.3) is 0 Å². The van der Waals surface area contributed by atoms with Crippen molar-refractivity contribution in [1.82, 2.24) is 5.32 Å². The topological polar surface area (TPSA) is 64.4 Å². The van der Waals surface area contributed by atoms with E-state index in [4.69, 9.17) is 22.7 Å². The molecule has 2 unspecified atom stereocenters. The molecule has 0 aromatic heterocycles. The minimum Gasteiger partial charge on any atom is -0.393 e. The molecule has 2 atom stereocenters. The summed E-state index contributed by atoms with van der Waals surface area (Å²) < 4.78 is 5.29. The van der Waals surface area contributed by atoms with Gasteiger partial charge < -0.3 is 15.8 Å². The van der Waals surface area contributed by atoms with Gasteiger partial charge in [-0.25, -0.2) is 0 Å². The fraction of sp³-hybridized carbons (Fsp3) is 0.467. The first kappa shape index (κ1) is 14.9. The fourth-order valence-corrected chi connectivity index (χ4v) is 2.48. The van der Waals surface area contributed by atoms with Crippen molar-refractivity contribution in [3.63, 3.8) is 0 Å². The van der Waals surface area contributed by atoms with Gasteiger partial charge in [0, 0.05) is 19.1 Å². The average molecular weight is 292 g/mol. The van der Waals surface area contributed by atoms with Crippen LogP contribution in [0.4, 0.5) is 0 Å². The number of carbonyl (C=O) groups excluding carboxylic acids is 1. The van der Waals surface area contributed by atoms with Gasteiger partial charge in [-0.1, -0.05) is 42.5 Å². The first-order valence-corrected chi connectivity index (χ1v) is 7.26. The molecule has 108 valence electrons. The van der Waals surface area contributed by atoms with Gasteiger partial charge in [-0.3, -0.25) is 4.79 Å². The molecule has 0 bridgehead atoms. The predicted octanol–water partition coefficient (Wildman–Crippen LogP) is 1.28. The molecule has 4 nitrogen and oxygen atoms in total. The first-order valence-electron chi connectivity index (χ1n) is 6.85. The lowest BCUT2D eigenvalue weighted by Gasteiger charge is -2.17. The molecule has 0 aliphatic carbocycles. The van der Waals surface area contributed by atoms with Gasteiger partial charge in [0.05, 0.1) is 17.5 Å². The molecular weight excluding hydrogens is 272 g/mol. The highest BCUT2D eigenvalue weighted by Gasteiger charge is 2.23. The zero-order valence-corrected chi connectivity index (χ0v) is 12.2. The van der Waals surface area contributed by atoms with Crippen molar-refractivity contribution >= 4 is 23.1 Å². The van der Waals surface area contributed by atoms with Gasteiger partial charge in [-0.15, -0.1) is 0 Å². The number of amides is 1. The normalized spacial score (nSPS) is 19.5. The number of hydrogen-bond donors (Lipinski definition) is 2. The number of rotatable bonds is 6. The molecule has 1 aliphatic rings. The first-order chi connectivity index (χ1) is 9.66. The Morgan fingerprint density at radius 1 is 1.45 bits per heavy atom. The second kappa shape index (κ2) is 7.36. The summed E-state index contributed by atoms with van der Waals surface area (Å²) in [6.07, 6.45) is 1.54. The standard InChI is InChI=1S/C15H20N2O2S/c16-14(20)13(8-11-4-2-1-3-5-11)15(18)17-9-12-6-7-19-10-12/h1-5,12-13H,6-10H2,(H2,16,20)(H,17,18). The van der Waals surface area contributed by atoms with Gasteiger partial charge in [0.25, 0.3) is 0 Å². The maximum atomic E-state index is 12.2. The molecule has 5 heteroatoms.